The van der Waals surface area contributed by atoms with E-state index in [0.29, 0.717) is 13.1 Å². The molecule has 3 aromatic rings. The summed E-state index contributed by atoms with van der Waals surface area (Å²) in [7, 11) is 0. The molecule has 4 nitrogen and oxygen atoms in total. The van der Waals surface area contributed by atoms with E-state index in [1.54, 1.807) is 22.5 Å². The van der Waals surface area contributed by atoms with Crippen LogP contribution in [0.1, 0.15) is 16.9 Å². The minimum absolute atomic E-state index is 0.141. The van der Waals surface area contributed by atoms with Gasteiger partial charge in [-0.25, -0.2) is 4.79 Å². The minimum atomic E-state index is -0.141. The number of nitrogens with zero attached hydrogens (tertiary/aromatic N) is 1. The summed E-state index contributed by atoms with van der Waals surface area (Å²) in [6, 6.07) is 13.4. The van der Waals surface area contributed by atoms with E-state index in [9.17, 15) is 4.79 Å². The van der Waals surface area contributed by atoms with Crippen LogP contribution in [0.3, 0.4) is 0 Å². The molecule has 2 aromatic heterocycles. The first-order valence-electron chi connectivity index (χ1n) is 7.37. The molecular weight excluding hydrogens is 308 g/mol. The van der Waals surface area contributed by atoms with Gasteiger partial charge in [-0.1, -0.05) is 12.1 Å². The zero-order valence-corrected chi connectivity index (χ0v) is 13.7. The molecule has 1 N–H and O–H groups in total. The van der Waals surface area contributed by atoms with Crippen LogP contribution in [0.2, 0.25) is 0 Å². The lowest BCUT2D eigenvalue weighted by Crippen LogP contribution is -2.33. The van der Waals surface area contributed by atoms with E-state index in [0.717, 1.165) is 22.6 Å². The summed E-state index contributed by atoms with van der Waals surface area (Å²) in [6.07, 6.45) is 1.62. The maximum atomic E-state index is 12.7. The maximum Gasteiger partial charge on any atom is 0.322 e. The second-order valence-corrected chi connectivity index (χ2v) is 6.15. The molecule has 0 bridgehead atoms. The third-order valence-electron chi connectivity index (χ3n) is 3.44. The molecule has 0 spiro atoms. The summed E-state index contributed by atoms with van der Waals surface area (Å²) in [6.45, 7) is 2.98. The normalized spacial score (nSPS) is 10.5. The second kappa shape index (κ2) is 7.15. The van der Waals surface area contributed by atoms with Gasteiger partial charge >= 0.3 is 6.03 Å². The van der Waals surface area contributed by atoms with Crippen molar-refractivity contribution in [3.63, 3.8) is 0 Å². The summed E-state index contributed by atoms with van der Waals surface area (Å²) in [5.74, 6) is 0.764. The molecule has 5 heteroatoms. The van der Waals surface area contributed by atoms with Gasteiger partial charge < -0.3 is 14.6 Å². The summed E-state index contributed by atoms with van der Waals surface area (Å²) in [5, 5.41) is 7.02. The monoisotopic (exact) mass is 326 g/mol. The number of carbonyl (C=O) groups excluding carboxylic acids is 1. The molecule has 0 saturated carbocycles. The van der Waals surface area contributed by atoms with Crippen molar-refractivity contribution in [1.29, 1.82) is 0 Å². The van der Waals surface area contributed by atoms with Gasteiger partial charge in [0.25, 0.3) is 0 Å². The Bertz CT molecular complexity index is 715. The summed E-state index contributed by atoms with van der Waals surface area (Å²) < 4.78 is 5.38. The lowest BCUT2D eigenvalue weighted by molar-refractivity contribution is 0.201. The second-order valence-electron chi connectivity index (χ2n) is 5.37. The Morgan fingerprint density at radius 3 is 2.83 bits per heavy atom. The lowest BCUT2D eigenvalue weighted by atomic mass is 10.2. The first kappa shape index (κ1) is 15.4. The number of nitrogens with one attached hydrogen (secondary N) is 1. The van der Waals surface area contributed by atoms with Gasteiger partial charge in [0.05, 0.1) is 12.8 Å². The van der Waals surface area contributed by atoms with E-state index < -0.39 is 0 Å². The number of furan rings is 1. The Balaban J connectivity index is 1.74. The van der Waals surface area contributed by atoms with Crippen LogP contribution in [-0.4, -0.2) is 10.9 Å². The number of aryl methyl sites for hydroxylation is 1. The fraction of sp³-hybridized carbons (Fsp3) is 0.167. The zero-order valence-electron chi connectivity index (χ0n) is 12.9. The molecule has 0 aliphatic heterocycles. The molecule has 0 atom stereocenters. The lowest BCUT2D eigenvalue weighted by Gasteiger charge is -2.22. The molecule has 0 saturated heterocycles. The maximum absolute atomic E-state index is 12.7. The van der Waals surface area contributed by atoms with Gasteiger partial charge in [0.2, 0.25) is 0 Å². The average molecular weight is 326 g/mol. The van der Waals surface area contributed by atoms with Crippen LogP contribution >= 0.6 is 11.3 Å². The van der Waals surface area contributed by atoms with Crippen LogP contribution in [0.15, 0.2) is 63.9 Å². The van der Waals surface area contributed by atoms with E-state index >= 15 is 0 Å². The third-order valence-corrected chi connectivity index (χ3v) is 4.17. The third kappa shape index (κ3) is 4.23. The number of benzene rings is 1. The van der Waals surface area contributed by atoms with E-state index in [1.165, 1.54) is 0 Å². The molecule has 0 radical (unpaired) electrons. The van der Waals surface area contributed by atoms with Gasteiger partial charge in [-0.15, -0.1) is 0 Å². The number of thiophene rings is 1. The van der Waals surface area contributed by atoms with Crippen LogP contribution in [0.25, 0.3) is 0 Å². The predicted octanol–water partition coefficient (Wildman–Crippen LogP) is 4.88. The van der Waals surface area contributed by atoms with Crippen LogP contribution in [0, 0.1) is 6.92 Å². The van der Waals surface area contributed by atoms with Gasteiger partial charge in [0, 0.05) is 12.2 Å². The van der Waals surface area contributed by atoms with Crippen molar-refractivity contribution in [1.82, 2.24) is 4.90 Å². The van der Waals surface area contributed by atoms with Gasteiger partial charge in [0.1, 0.15) is 5.76 Å². The van der Waals surface area contributed by atoms with Crippen LogP contribution in [0.4, 0.5) is 10.5 Å². The number of anilines is 1. The Kier molecular flexibility index (Phi) is 4.78. The molecule has 1 aromatic carbocycles. The largest absolute Gasteiger partial charge is 0.467 e. The highest BCUT2D eigenvalue weighted by atomic mass is 32.1. The van der Waals surface area contributed by atoms with Crippen LogP contribution < -0.4 is 5.32 Å². The zero-order chi connectivity index (χ0) is 16.1. The highest BCUT2D eigenvalue weighted by Crippen LogP contribution is 2.16. The van der Waals surface area contributed by atoms with Crippen molar-refractivity contribution >= 4 is 23.1 Å². The average Bonchev–Trinajstić information content (AvgIpc) is 3.20. The molecule has 3 rings (SSSR count). The van der Waals surface area contributed by atoms with Crippen molar-refractivity contribution in [2.24, 2.45) is 0 Å². The molecular formula is C18H18N2O2S. The standard InChI is InChI=1S/C18H18N2O2S/c1-14-4-2-5-16(10-14)19-18(21)20(11-15-7-9-23-13-15)12-17-6-3-8-22-17/h2-10,13H,11-12H2,1H3,(H,19,21). The fourth-order valence-corrected chi connectivity index (χ4v) is 2.98. The van der Waals surface area contributed by atoms with Gasteiger partial charge in [-0.2, -0.15) is 11.3 Å². The smallest absolute Gasteiger partial charge is 0.322 e. The predicted molar refractivity (Wildman–Crippen MR) is 92.5 cm³/mol. The Labute approximate surface area is 139 Å². The van der Waals surface area contributed by atoms with Crippen molar-refractivity contribution in [2.75, 3.05) is 5.32 Å². The Morgan fingerprint density at radius 1 is 1.22 bits per heavy atom. The number of rotatable bonds is 5. The summed E-state index contributed by atoms with van der Waals surface area (Å²) in [5.41, 5.74) is 3.02. The first-order valence-corrected chi connectivity index (χ1v) is 8.31. The number of carbonyl (C=O) groups is 1. The molecule has 2 heterocycles. The molecule has 118 valence electrons. The summed E-state index contributed by atoms with van der Waals surface area (Å²) >= 11 is 1.63. The quantitative estimate of drug-likeness (QED) is 0.726. The molecule has 0 fully saturated rings. The van der Waals surface area contributed by atoms with E-state index in [1.807, 2.05) is 54.8 Å². The van der Waals surface area contributed by atoms with E-state index in [-0.39, 0.29) is 6.03 Å². The molecule has 0 unspecified atom stereocenters. The molecule has 23 heavy (non-hydrogen) atoms. The highest BCUT2D eigenvalue weighted by Gasteiger charge is 2.16. The topological polar surface area (TPSA) is 45.5 Å². The van der Waals surface area contributed by atoms with Crippen molar-refractivity contribution in [3.8, 4) is 0 Å². The number of hydrogen-bond donors (Lipinski definition) is 1. The SMILES string of the molecule is Cc1cccc(NC(=O)N(Cc2ccsc2)Cc2ccco2)c1. The molecule has 2 amide bonds. The first-order chi connectivity index (χ1) is 11.2. The number of amides is 2. The fourth-order valence-electron chi connectivity index (χ4n) is 2.32. The van der Waals surface area contributed by atoms with E-state index in [2.05, 4.69) is 10.7 Å². The number of urea groups is 1. The van der Waals surface area contributed by atoms with Crippen molar-refractivity contribution < 1.29 is 9.21 Å². The highest BCUT2D eigenvalue weighted by molar-refractivity contribution is 7.07. The summed E-state index contributed by atoms with van der Waals surface area (Å²) in [4.78, 5) is 14.4. The van der Waals surface area contributed by atoms with Crippen molar-refractivity contribution in [3.05, 3.63) is 76.4 Å². The van der Waals surface area contributed by atoms with Crippen LogP contribution in [-0.2, 0) is 13.1 Å². The molecule has 0 aliphatic rings. The van der Waals surface area contributed by atoms with Gasteiger partial charge in [0.15, 0.2) is 0 Å². The van der Waals surface area contributed by atoms with Crippen molar-refractivity contribution in [2.45, 2.75) is 20.0 Å². The number of hydrogen-bond acceptors (Lipinski definition) is 3. The van der Waals surface area contributed by atoms with Gasteiger partial charge in [-0.3, -0.25) is 0 Å². The van der Waals surface area contributed by atoms with E-state index in [4.69, 9.17) is 4.42 Å². The van der Waals surface area contributed by atoms with Gasteiger partial charge in [-0.05, 0) is 59.1 Å². The van der Waals surface area contributed by atoms with Crippen LogP contribution in [0.5, 0.6) is 0 Å². The Hall–Kier alpha value is -2.53. The Morgan fingerprint density at radius 2 is 2.13 bits per heavy atom. The minimum Gasteiger partial charge on any atom is -0.467 e. The molecule has 0 aliphatic carbocycles.